The third-order valence-electron chi connectivity index (χ3n) is 2.14. The number of nitrogens with one attached hydrogen (secondary N) is 1. The van der Waals surface area contributed by atoms with E-state index in [1.54, 1.807) is 0 Å². The topological polar surface area (TPSA) is 91.6 Å². The standard InChI is InChI=1S/C10H12F2N2O4/c11-8(12)5-14-3-1-2-6(14)9(16)13-4-7(15)10(17)18/h1-3,7-8,15H,4-5H2,(H,13,16)(H,17,18). The average molecular weight is 262 g/mol. The number of aromatic nitrogens is 1. The van der Waals surface area contributed by atoms with Crippen molar-refractivity contribution < 1.29 is 28.6 Å². The van der Waals surface area contributed by atoms with Crippen LogP contribution in [0.3, 0.4) is 0 Å². The van der Waals surface area contributed by atoms with E-state index in [1.165, 1.54) is 18.3 Å². The van der Waals surface area contributed by atoms with Crippen LogP contribution in [-0.4, -0.2) is 45.7 Å². The van der Waals surface area contributed by atoms with Gasteiger partial charge in [-0.15, -0.1) is 0 Å². The summed E-state index contributed by atoms with van der Waals surface area (Å²) in [6.45, 7) is -1.12. The summed E-state index contributed by atoms with van der Waals surface area (Å²) in [6, 6.07) is 2.75. The third kappa shape index (κ3) is 3.81. The van der Waals surface area contributed by atoms with Gasteiger partial charge < -0.3 is 20.1 Å². The van der Waals surface area contributed by atoms with E-state index >= 15 is 0 Å². The summed E-state index contributed by atoms with van der Waals surface area (Å²) >= 11 is 0. The molecule has 0 aromatic carbocycles. The summed E-state index contributed by atoms with van der Waals surface area (Å²) in [5.41, 5.74) is -0.0205. The largest absolute Gasteiger partial charge is 0.479 e. The van der Waals surface area contributed by atoms with Crippen molar-refractivity contribution in [1.82, 2.24) is 9.88 Å². The van der Waals surface area contributed by atoms with Crippen molar-refractivity contribution in [2.24, 2.45) is 0 Å². The second-order valence-electron chi connectivity index (χ2n) is 3.50. The van der Waals surface area contributed by atoms with Crippen molar-refractivity contribution in [2.45, 2.75) is 19.1 Å². The van der Waals surface area contributed by atoms with Crippen LogP contribution < -0.4 is 5.32 Å². The van der Waals surface area contributed by atoms with Gasteiger partial charge in [0.05, 0.1) is 13.1 Å². The minimum absolute atomic E-state index is 0.0205. The number of aliphatic hydroxyl groups excluding tert-OH is 1. The Morgan fingerprint density at radius 2 is 2.11 bits per heavy atom. The van der Waals surface area contributed by atoms with Crippen LogP contribution in [-0.2, 0) is 11.3 Å². The smallest absolute Gasteiger partial charge is 0.334 e. The van der Waals surface area contributed by atoms with Gasteiger partial charge in [0, 0.05) is 6.20 Å². The van der Waals surface area contributed by atoms with Crippen LogP contribution in [0, 0.1) is 0 Å². The first-order valence-electron chi connectivity index (χ1n) is 5.04. The van der Waals surface area contributed by atoms with Crippen molar-refractivity contribution in [3.63, 3.8) is 0 Å². The molecule has 0 spiro atoms. The lowest BCUT2D eigenvalue weighted by Crippen LogP contribution is -2.37. The van der Waals surface area contributed by atoms with Crippen molar-refractivity contribution >= 4 is 11.9 Å². The highest BCUT2D eigenvalue weighted by Gasteiger charge is 2.17. The molecule has 1 rings (SSSR count). The second kappa shape index (κ2) is 6.10. The van der Waals surface area contributed by atoms with Gasteiger partial charge in [-0.25, -0.2) is 13.6 Å². The Labute approximate surface area is 101 Å². The molecule has 0 aliphatic carbocycles. The highest BCUT2D eigenvalue weighted by Crippen LogP contribution is 2.06. The molecule has 0 saturated carbocycles. The van der Waals surface area contributed by atoms with Crippen LogP contribution in [0.1, 0.15) is 10.5 Å². The molecule has 1 amide bonds. The number of carbonyl (C=O) groups excluding carboxylic acids is 1. The molecule has 8 heteroatoms. The van der Waals surface area contributed by atoms with E-state index in [0.717, 1.165) is 4.57 Å². The molecular weight excluding hydrogens is 250 g/mol. The molecule has 0 saturated heterocycles. The predicted octanol–water partition coefficient (Wildman–Crippen LogP) is -0.0715. The predicted molar refractivity (Wildman–Crippen MR) is 56.4 cm³/mol. The van der Waals surface area contributed by atoms with Crippen molar-refractivity contribution in [1.29, 1.82) is 0 Å². The molecule has 1 aromatic rings. The summed E-state index contributed by atoms with van der Waals surface area (Å²) in [5, 5.41) is 19.5. The number of hydrogen-bond acceptors (Lipinski definition) is 3. The number of amides is 1. The fraction of sp³-hybridized carbons (Fsp3) is 0.400. The second-order valence-corrected chi connectivity index (χ2v) is 3.50. The first-order chi connectivity index (χ1) is 8.41. The van der Waals surface area contributed by atoms with Crippen molar-refractivity contribution in [2.75, 3.05) is 6.54 Å². The van der Waals surface area contributed by atoms with E-state index in [2.05, 4.69) is 5.32 Å². The Kier molecular flexibility index (Phi) is 4.78. The van der Waals surface area contributed by atoms with Gasteiger partial charge in [0.2, 0.25) is 0 Å². The van der Waals surface area contributed by atoms with E-state index in [4.69, 9.17) is 10.2 Å². The van der Waals surface area contributed by atoms with Crippen LogP contribution in [0.5, 0.6) is 0 Å². The zero-order valence-corrected chi connectivity index (χ0v) is 9.22. The number of aliphatic carboxylic acids is 1. The van der Waals surface area contributed by atoms with Crippen molar-refractivity contribution in [3.8, 4) is 0 Å². The molecule has 1 heterocycles. The molecule has 0 fully saturated rings. The quantitative estimate of drug-likeness (QED) is 0.669. The van der Waals surface area contributed by atoms with Gasteiger partial charge >= 0.3 is 5.97 Å². The molecule has 18 heavy (non-hydrogen) atoms. The van der Waals surface area contributed by atoms with Crippen LogP contribution in [0.2, 0.25) is 0 Å². The fourth-order valence-corrected chi connectivity index (χ4v) is 1.30. The van der Waals surface area contributed by atoms with E-state index in [1.807, 2.05) is 0 Å². The highest BCUT2D eigenvalue weighted by atomic mass is 19.3. The van der Waals surface area contributed by atoms with Gasteiger partial charge in [-0.1, -0.05) is 0 Å². The molecule has 3 N–H and O–H groups in total. The number of rotatable bonds is 6. The van der Waals surface area contributed by atoms with Crippen LogP contribution in [0.25, 0.3) is 0 Å². The SMILES string of the molecule is O=C(NCC(O)C(=O)O)c1cccn1CC(F)F. The number of alkyl halides is 2. The molecule has 1 unspecified atom stereocenters. The fourth-order valence-electron chi connectivity index (χ4n) is 1.30. The molecule has 0 radical (unpaired) electrons. The van der Waals surface area contributed by atoms with Gasteiger partial charge in [0.25, 0.3) is 12.3 Å². The van der Waals surface area contributed by atoms with Gasteiger partial charge in [0.1, 0.15) is 5.69 Å². The lowest BCUT2D eigenvalue weighted by molar-refractivity contribution is -0.146. The maximum absolute atomic E-state index is 12.2. The van der Waals surface area contributed by atoms with E-state index in [-0.39, 0.29) is 5.69 Å². The minimum Gasteiger partial charge on any atom is -0.479 e. The highest BCUT2D eigenvalue weighted by molar-refractivity contribution is 5.93. The first kappa shape index (κ1) is 14.1. The maximum atomic E-state index is 12.2. The van der Waals surface area contributed by atoms with E-state index < -0.39 is 37.5 Å². The van der Waals surface area contributed by atoms with E-state index in [9.17, 15) is 18.4 Å². The number of aliphatic hydroxyl groups is 1. The third-order valence-corrected chi connectivity index (χ3v) is 2.14. The number of carboxylic acid groups (broad SMARTS) is 1. The zero-order chi connectivity index (χ0) is 13.7. The Morgan fingerprint density at radius 3 is 2.67 bits per heavy atom. The number of hydrogen-bond donors (Lipinski definition) is 3. The Bertz CT molecular complexity index is 433. The first-order valence-corrected chi connectivity index (χ1v) is 5.04. The molecule has 100 valence electrons. The molecule has 6 nitrogen and oxygen atoms in total. The van der Waals surface area contributed by atoms with Crippen LogP contribution in [0.15, 0.2) is 18.3 Å². The molecule has 0 aliphatic rings. The Hall–Kier alpha value is -1.96. The monoisotopic (exact) mass is 262 g/mol. The molecular formula is C10H12F2N2O4. The lowest BCUT2D eigenvalue weighted by Gasteiger charge is -2.10. The number of halogens is 2. The average Bonchev–Trinajstić information content (AvgIpc) is 2.72. The lowest BCUT2D eigenvalue weighted by atomic mass is 10.3. The minimum atomic E-state index is -2.60. The number of nitrogens with zero attached hydrogens (tertiary/aromatic N) is 1. The summed E-state index contributed by atoms with van der Waals surface area (Å²) < 4.78 is 25.4. The van der Waals surface area contributed by atoms with Crippen LogP contribution in [0.4, 0.5) is 8.78 Å². The molecule has 0 bridgehead atoms. The maximum Gasteiger partial charge on any atom is 0.334 e. The van der Waals surface area contributed by atoms with Gasteiger partial charge in [-0.05, 0) is 12.1 Å². The van der Waals surface area contributed by atoms with Crippen molar-refractivity contribution in [3.05, 3.63) is 24.0 Å². The van der Waals surface area contributed by atoms with E-state index in [0.29, 0.717) is 0 Å². The molecule has 1 atom stereocenters. The van der Waals surface area contributed by atoms with Gasteiger partial charge in [-0.2, -0.15) is 0 Å². The number of carboxylic acids is 1. The molecule has 0 aliphatic heterocycles. The summed E-state index contributed by atoms with van der Waals surface area (Å²) in [7, 11) is 0. The Morgan fingerprint density at radius 1 is 1.44 bits per heavy atom. The Balaban J connectivity index is 2.61. The summed E-state index contributed by atoms with van der Waals surface area (Å²) in [4.78, 5) is 21.9. The normalized spacial score (nSPS) is 12.4. The zero-order valence-electron chi connectivity index (χ0n) is 9.22. The summed E-state index contributed by atoms with van der Waals surface area (Å²) in [6.07, 6.45) is -3.02. The summed E-state index contributed by atoms with van der Waals surface area (Å²) in [5.74, 6) is -2.20. The molecule has 1 aromatic heterocycles. The van der Waals surface area contributed by atoms with Gasteiger partial charge in [0.15, 0.2) is 6.10 Å². The van der Waals surface area contributed by atoms with Crippen LogP contribution >= 0.6 is 0 Å². The van der Waals surface area contributed by atoms with Gasteiger partial charge in [-0.3, -0.25) is 4.79 Å². The number of carbonyl (C=O) groups is 2.